The van der Waals surface area contributed by atoms with E-state index in [4.69, 9.17) is 0 Å². The molecule has 3 rings (SSSR count). The second-order valence-electron chi connectivity index (χ2n) is 15.2. The van der Waals surface area contributed by atoms with Crippen LogP contribution in [-0.2, 0) is 28.8 Å². The van der Waals surface area contributed by atoms with Crippen LogP contribution in [0, 0.1) is 16.2 Å². The molecule has 45 heavy (non-hydrogen) atoms. The Morgan fingerprint density at radius 1 is 0.467 bits per heavy atom. The van der Waals surface area contributed by atoms with Crippen molar-refractivity contribution in [2.24, 2.45) is 16.2 Å². The Kier molecular flexibility index (Phi) is 16.0. The smallest absolute Gasteiger partial charge is 0.242 e. The van der Waals surface area contributed by atoms with E-state index >= 15 is 0 Å². The van der Waals surface area contributed by atoms with Crippen molar-refractivity contribution in [2.45, 2.75) is 138 Å². The molecule has 3 saturated heterocycles. The van der Waals surface area contributed by atoms with Crippen LogP contribution in [0.3, 0.4) is 0 Å². The van der Waals surface area contributed by atoms with Crippen molar-refractivity contribution in [1.82, 2.24) is 31.9 Å². The van der Waals surface area contributed by atoms with Gasteiger partial charge in [-0.2, -0.15) is 0 Å². The molecule has 3 atom stereocenters. The van der Waals surface area contributed by atoms with Gasteiger partial charge >= 0.3 is 0 Å². The molecule has 12 heteroatoms. The van der Waals surface area contributed by atoms with E-state index < -0.39 is 16.2 Å². The van der Waals surface area contributed by atoms with Crippen LogP contribution in [0.15, 0.2) is 0 Å². The second kappa shape index (κ2) is 18.1. The normalized spacial score (nSPS) is 22.9. The van der Waals surface area contributed by atoms with Crippen molar-refractivity contribution in [3.63, 3.8) is 0 Å². The SMILES string of the molecule is CC(C)(C)C(=O)N[C@H]1CCCCNC1=O.CC(C)(C)C(=O)N[C@H]1CCCCNC1=O.CC(C)(C)C(=O)N[C@H]1CCCCNC1=O. The minimum Gasteiger partial charge on any atom is -0.354 e. The molecule has 3 fully saturated rings. The summed E-state index contributed by atoms with van der Waals surface area (Å²) in [5.74, 6) is -0.348. The highest BCUT2D eigenvalue weighted by Gasteiger charge is 2.30. The topological polar surface area (TPSA) is 175 Å². The first-order chi connectivity index (χ1) is 20.7. The molecule has 0 radical (unpaired) electrons. The lowest BCUT2D eigenvalue weighted by Crippen LogP contribution is -2.48. The molecule has 3 aliphatic heterocycles. The van der Waals surface area contributed by atoms with Gasteiger partial charge in [-0.05, 0) is 57.8 Å². The van der Waals surface area contributed by atoms with Crippen molar-refractivity contribution >= 4 is 35.4 Å². The molecular weight excluding hydrogens is 576 g/mol. The number of nitrogens with one attached hydrogen (secondary N) is 6. The third-order valence-corrected chi connectivity index (χ3v) is 7.57. The van der Waals surface area contributed by atoms with Gasteiger partial charge in [-0.3, -0.25) is 28.8 Å². The molecule has 3 aliphatic rings. The predicted molar refractivity (Wildman–Crippen MR) is 175 cm³/mol. The quantitative estimate of drug-likeness (QED) is 0.277. The summed E-state index contributed by atoms with van der Waals surface area (Å²) in [6.45, 7) is 18.8. The van der Waals surface area contributed by atoms with Gasteiger partial charge in [0.1, 0.15) is 18.1 Å². The molecule has 258 valence electrons. The van der Waals surface area contributed by atoms with E-state index in [9.17, 15) is 28.8 Å². The molecular formula is C33H60N6O6. The van der Waals surface area contributed by atoms with Gasteiger partial charge in [-0.1, -0.05) is 62.3 Å². The molecule has 0 aromatic rings. The van der Waals surface area contributed by atoms with Gasteiger partial charge in [-0.25, -0.2) is 0 Å². The van der Waals surface area contributed by atoms with E-state index in [2.05, 4.69) is 31.9 Å². The zero-order valence-electron chi connectivity index (χ0n) is 29.2. The second-order valence-corrected chi connectivity index (χ2v) is 15.2. The summed E-state index contributed by atoms with van der Waals surface area (Å²) in [6, 6.07) is -1.04. The van der Waals surface area contributed by atoms with E-state index in [1.165, 1.54) is 0 Å². The minimum absolute atomic E-state index is 0.0508. The van der Waals surface area contributed by atoms with Gasteiger partial charge in [-0.15, -0.1) is 0 Å². The maximum Gasteiger partial charge on any atom is 0.242 e. The number of carbonyl (C=O) groups is 6. The van der Waals surface area contributed by atoms with Gasteiger partial charge in [0, 0.05) is 35.9 Å². The van der Waals surface area contributed by atoms with Crippen LogP contribution in [0.1, 0.15) is 120 Å². The number of carbonyl (C=O) groups excluding carboxylic acids is 6. The summed E-state index contributed by atoms with van der Waals surface area (Å²) >= 11 is 0. The van der Waals surface area contributed by atoms with Crippen LogP contribution in [-0.4, -0.2) is 73.2 Å². The van der Waals surface area contributed by atoms with Crippen LogP contribution in [0.4, 0.5) is 0 Å². The zero-order valence-corrected chi connectivity index (χ0v) is 29.2. The lowest BCUT2D eigenvalue weighted by Gasteiger charge is -2.22. The van der Waals surface area contributed by atoms with E-state index in [0.29, 0.717) is 0 Å². The number of hydrogen-bond acceptors (Lipinski definition) is 6. The minimum atomic E-state index is -0.438. The van der Waals surface area contributed by atoms with E-state index in [0.717, 1.165) is 77.4 Å². The molecule has 0 aromatic heterocycles. The molecule has 6 amide bonds. The van der Waals surface area contributed by atoms with Crippen molar-refractivity contribution in [2.75, 3.05) is 19.6 Å². The highest BCUT2D eigenvalue weighted by molar-refractivity contribution is 5.91. The lowest BCUT2D eigenvalue weighted by molar-refractivity contribution is -0.133. The summed E-state index contributed by atoms with van der Waals surface area (Å²) in [5, 5.41) is 16.8. The Hall–Kier alpha value is -3.18. The van der Waals surface area contributed by atoms with Crippen LogP contribution in [0.25, 0.3) is 0 Å². The van der Waals surface area contributed by atoms with Crippen molar-refractivity contribution in [3.05, 3.63) is 0 Å². The van der Waals surface area contributed by atoms with Crippen molar-refractivity contribution in [1.29, 1.82) is 0 Å². The molecule has 0 aliphatic carbocycles. The molecule has 12 nitrogen and oxygen atoms in total. The summed E-state index contributed by atoms with van der Waals surface area (Å²) in [7, 11) is 0. The fraction of sp³-hybridized carbons (Fsp3) is 0.818. The summed E-state index contributed by atoms with van der Waals surface area (Å²) in [5.41, 5.74) is -1.31. The van der Waals surface area contributed by atoms with Crippen LogP contribution in [0.2, 0.25) is 0 Å². The van der Waals surface area contributed by atoms with Gasteiger partial charge < -0.3 is 31.9 Å². The fourth-order valence-electron chi connectivity index (χ4n) is 4.36. The van der Waals surface area contributed by atoms with Crippen LogP contribution in [0.5, 0.6) is 0 Å². The Balaban J connectivity index is 0.000000337. The average Bonchev–Trinajstić information content (AvgIpc) is 3.35. The van der Waals surface area contributed by atoms with Crippen LogP contribution >= 0.6 is 0 Å². The standard InChI is InChI=1S/3C11H20N2O2/c3*1-11(2,3)10(15)13-8-6-4-5-7-12-9(8)14/h3*8H,4-7H2,1-3H3,(H,12,14)(H,13,15)/t3*8-/m000/s1. The van der Waals surface area contributed by atoms with Gasteiger partial charge in [0.15, 0.2) is 0 Å². The molecule has 0 bridgehead atoms. The summed E-state index contributed by atoms with van der Waals surface area (Å²) < 4.78 is 0. The van der Waals surface area contributed by atoms with E-state index in [-0.39, 0.29) is 53.6 Å². The van der Waals surface area contributed by atoms with Gasteiger partial charge in [0.2, 0.25) is 35.4 Å². The maximum atomic E-state index is 11.7. The Bertz CT molecular complexity index is 896. The first-order valence-corrected chi connectivity index (χ1v) is 16.5. The van der Waals surface area contributed by atoms with Gasteiger partial charge in [0.25, 0.3) is 0 Å². The average molecular weight is 637 g/mol. The third-order valence-electron chi connectivity index (χ3n) is 7.57. The van der Waals surface area contributed by atoms with Crippen molar-refractivity contribution < 1.29 is 28.8 Å². The highest BCUT2D eigenvalue weighted by atomic mass is 16.2. The first-order valence-electron chi connectivity index (χ1n) is 16.5. The fourth-order valence-corrected chi connectivity index (χ4v) is 4.36. The maximum absolute atomic E-state index is 11.7. The Morgan fingerprint density at radius 3 is 0.889 bits per heavy atom. The third kappa shape index (κ3) is 15.6. The zero-order chi connectivity index (χ0) is 34.4. The van der Waals surface area contributed by atoms with Gasteiger partial charge in [0.05, 0.1) is 0 Å². The van der Waals surface area contributed by atoms with Crippen LogP contribution < -0.4 is 31.9 Å². The first kappa shape index (κ1) is 39.8. The molecule has 6 N–H and O–H groups in total. The monoisotopic (exact) mass is 636 g/mol. The Morgan fingerprint density at radius 2 is 0.689 bits per heavy atom. The number of amides is 6. The lowest BCUT2D eigenvalue weighted by atomic mass is 9.95. The number of rotatable bonds is 3. The summed E-state index contributed by atoms with van der Waals surface area (Å²) in [6.07, 6.45) is 8.15. The number of hydrogen-bond donors (Lipinski definition) is 6. The Labute approximate surface area is 270 Å². The molecule has 0 aromatic carbocycles. The van der Waals surface area contributed by atoms with Crippen molar-refractivity contribution in [3.8, 4) is 0 Å². The molecule has 0 saturated carbocycles. The largest absolute Gasteiger partial charge is 0.354 e. The molecule has 0 spiro atoms. The highest BCUT2D eigenvalue weighted by Crippen LogP contribution is 2.16. The molecule has 0 unspecified atom stereocenters. The molecule has 3 heterocycles. The predicted octanol–water partition coefficient (Wildman–Crippen LogP) is 2.45. The summed E-state index contributed by atoms with van der Waals surface area (Å²) in [4.78, 5) is 69.8. The van der Waals surface area contributed by atoms with E-state index in [1.54, 1.807) is 0 Å². The van der Waals surface area contributed by atoms with E-state index in [1.807, 2.05) is 62.3 Å².